The van der Waals surface area contributed by atoms with Crippen molar-refractivity contribution in [3.05, 3.63) is 29.8 Å². The van der Waals surface area contributed by atoms with Gasteiger partial charge in [-0.25, -0.2) is 9.59 Å². The topological polar surface area (TPSA) is 81.1 Å². The van der Waals surface area contributed by atoms with Gasteiger partial charge in [0.15, 0.2) is 0 Å². The number of fused-ring (bicyclic) bond motifs is 1. The fourth-order valence-corrected chi connectivity index (χ4v) is 3.13. The van der Waals surface area contributed by atoms with Gasteiger partial charge < -0.3 is 15.1 Å². The van der Waals surface area contributed by atoms with Crippen molar-refractivity contribution in [3.8, 4) is 0 Å². The molecule has 1 aromatic carbocycles. The molecule has 0 aromatic heterocycles. The molecule has 0 bridgehead atoms. The van der Waals surface area contributed by atoms with Crippen molar-refractivity contribution in [3.63, 3.8) is 0 Å². The maximum Gasteiger partial charge on any atom is 0.327 e. The molecule has 6 nitrogen and oxygen atoms in total. The monoisotopic (exact) mass is 290 g/mol. The lowest BCUT2D eigenvalue weighted by Gasteiger charge is -2.28. The molecule has 1 saturated heterocycles. The molecule has 112 valence electrons. The van der Waals surface area contributed by atoms with Crippen LogP contribution in [0.15, 0.2) is 24.3 Å². The Kier molecular flexibility index (Phi) is 3.55. The summed E-state index contributed by atoms with van der Waals surface area (Å²) < 4.78 is 0. The third-order valence-corrected chi connectivity index (χ3v) is 4.28. The first-order chi connectivity index (χ1) is 10.1. The number of nitrogens with zero attached hydrogens (tertiary/aromatic N) is 2. The number of rotatable bonds is 2. The fourth-order valence-electron chi connectivity index (χ4n) is 3.13. The maximum atomic E-state index is 12.7. The first kappa shape index (κ1) is 13.9. The minimum Gasteiger partial charge on any atom is -0.480 e. The van der Waals surface area contributed by atoms with Gasteiger partial charge in [0.2, 0.25) is 0 Å². The van der Waals surface area contributed by atoms with Crippen molar-refractivity contribution < 1.29 is 19.8 Å². The smallest absolute Gasteiger partial charge is 0.327 e. The summed E-state index contributed by atoms with van der Waals surface area (Å²) in [4.78, 5) is 27.2. The van der Waals surface area contributed by atoms with Gasteiger partial charge in [-0.15, -0.1) is 0 Å². The van der Waals surface area contributed by atoms with Crippen LogP contribution in [0.5, 0.6) is 0 Å². The molecular weight excluding hydrogens is 272 g/mol. The number of amides is 2. The first-order valence-electron chi connectivity index (χ1n) is 7.11. The Balaban J connectivity index is 1.87. The number of benzene rings is 1. The zero-order valence-corrected chi connectivity index (χ0v) is 11.6. The van der Waals surface area contributed by atoms with Gasteiger partial charge in [-0.3, -0.25) is 4.90 Å². The van der Waals surface area contributed by atoms with E-state index < -0.39 is 12.0 Å². The minimum absolute atomic E-state index is 0.0583. The number of para-hydroxylation sites is 1. The summed E-state index contributed by atoms with van der Waals surface area (Å²) in [5.41, 5.74) is 1.57. The van der Waals surface area contributed by atoms with Gasteiger partial charge in [0.25, 0.3) is 0 Å². The van der Waals surface area contributed by atoms with E-state index in [1.165, 1.54) is 4.90 Å². The Morgan fingerprint density at radius 2 is 2.05 bits per heavy atom. The van der Waals surface area contributed by atoms with Crippen molar-refractivity contribution in [2.24, 2.45) is 5.92 Å². The Morgan fingerprint density at radius 3 is 2.71 bits per heavy atom. The molecule has 0 spiro atoms. The highest BCUT2D eigenvalue weighted by molar-refractivity contribution is 6.01. The van der Waals surface area contributed by atoms with Crippen LogP contribution in [0, 0.1) is 5.92 Å². The van der Waals surface area contributed by atoms with E-state index in [0.29, 0.717) is 25.2 Å². The molecule has 6 heteroatoms. The molecule has 1 fully saturated rings. The maximum absolute atomic E-state index is 12.7. The van der Waals surface area contributed by atoms with E-state index in [1.807, 2.05) is 18.2 Å². The van der Waals surface area contributed by atoms with Gasteiger partial charge in [0, 0.05) is 37.7 Å². The van der Waals surface area contributed by atoms with Gasteiger partial charge in [0.1, 0.15) is 6.04 Å². The highest BCUT2D eigenvalue weighted by Gasteiger charge is 2.41. The molecule has 2 aliphatic rings. The molecular formula is C15H18N2O4. The molecule has 2 amide bonds. The number of carboxylic acids is 1. The van der Waals surface area contributed by atoms with Gasteiger partial charge in [-0.05, 0) is 18.1 Å². The Hall–Kier alpha value is -2.08. The standard InChI is InChI=1S/C15H18N2O4/c18-9-10-5-6-16(8-10)15(21)17-12-4-2-1-3-11(12)7-13(17)14(19)20/h1-4,10,13,18H,5-9H2,(H,19,20)/t10?,13-/m0/s1. The summed E-state index contributed by atoms with van der Waals surface area (Å²) in [6, 6.07) is 6.19. The number of carbonyl (C=O) groups excluding carboxylic acids is 1. The highest BCUT2D eigenvalue weighted by Crippen LogP contribution is 2.34. The van der Waals surface area contributed by atoms with Crippen LogP contribution in [0.2, 0.25) is 0 Å². The van der Waals surface area contributed by atoms with Crippen molar-refractivity contribution in [1.29, 1.82) is 0 Å². The average Bonchev–Trinajstić information content (AvgIpc) is 3.11. The van der Waals surface area contributed by atoms with E-state index in [9.17, 15) is 19.8 Å². The van der Waals surface area contributed by atoms with Crippen LogP contribution in [-0.2, 0) is 11.2 Å². The molecule has 1 aromatic rings. The largest absolute Gasteiger partial charge is 0.480 e. The third-order valence-electron chi connectivity index (χ3n) is 4.28. The molecule has 21 heavy (non-hydrogen) atoms. The summed E-state index contributed by atoms with van der Waals surface area (Å²) in [6.45, 7) is 1.11. The van der Waals surface area contributed by atoms with Crippen LogP contribution < -0.4 is 4.90 Å². The van der Waals surface area contributed by atoms with Gasteiger partial charge in [-0.2, -0.15) is 0 Å². The van der Waals surface area contributed by atoms with Crippen molar-refractivity contribution in [1.82, 2.24) is 4.90 Å². The SMILES string of the molecule is O=C(O)[C@@H]1Cc2ccccc2N1C(=O)N1CCC(CO)C1. The lowest BCUT2D eigenvalue weighted by molar-refractivity contribution is -0.138. The van der Waals surface area contributed by atoms with Crippen molar-refractivity contribution in [2.45, 2.75) is 18.9 Å². The van der Waals surface area contributed by atoms with E-state index in [4.69, 9.17) is 0 Å². The molecule has 0 aliphatic carbocycles. The van der Waals surface area contributed by atoms with E-state index in [0.717, 1.165) is 12.0 Å². The fraction of sp³-hybridized carbons (Fsp3) is 0.467. The number of carbonyl (C=O) groups is 2. The average molecular weight is 290 g/mol. The molecule has 3 rings (SSSR count). The lowest BCUT2D eigenvalue weighted by Crippen LogP contribution is -2.49. The first-order valence-corrected chi connectivity index (χ1v) is 7.11. The number of aliphatic carboxylic acids is 1. The van der Waals surface area contributed by atoms with E-state index in [1.54, 1.807) is 11.0 Å². The van der Waals surface area contributed by atoms with Crippen LogP contribution in [0.3, 0.4) is 0 Å². The van der Waals surface area contributed by atoms with Gasteiger partial charge in [-0.1, -0.05) is 18.2 Å². The molecule has 2 aliphatic heterocycles. The predicted molar refractivity (Wildman–Crippen MR) is 76.2 cm³/mol. The van der Waals surface area contributed by atoms with Crippen LogP contribution in [-0.4, -0.2) is 52.9 Å². The van der Waals surface area contributed by atoms with E-state index in [2.05, 4.69) is 0 Å². The second-order valence-corrected chi connectivity index (χ2v) is 5.62. The lowest BCUT2D eigenvalue weighted by atomic mass is 10.1. The van der Waals surface area contributed by atoms with Gasteiger partial charge >= 0.3 is 12.0 Å². The summed E-state index contributed by atoms with van der Waals surface area (Å²) >= 11 is 0. The minimum atomic E-state index is -0.988. The molecule has 0 saturated carbocycles. The number of aliphatic hydroxyl groups is 1. The Morgan fingerprint density at radius 1 is 1.29 bits per heavy atom. The highest BCUT2D eigenvalue weighted by atomic mass is 16.4. The quantitative estimate of drug-likeness (QED) is 0.849. The Bertz CT molecular complexity index is 575. The molecule has 2 heterocycles. The van der Waals surface area contributed by atoms with Crippen LogP contribution in [0.4, 0.5) is 10.5 Å². The third kappa shape index (κ3) is 2.35. The van der Waals surface area contributed by atoms with Crippen molar-refractivity contribution >= 4 is 17.7 Å². The Labute approximate surface area is 122 Å². The second-order valence-electron chi connectivity index (χ2n) is 5.62. The van der Waals surface area contributed by atoms with Crippen molar-refractivity contribution in [2.75, 3.05) is 24.6 Å². The molecule has 2 N–H and O–H groups in total. The normalized spacial score (nSPS) is 24.2. The number of anilines is 1. The summed E-state index contributed by atoms with van der Waals surface area (Å²) in [5.74, 6) is -0.896. The zero-order valence-electron chi connectivity index (χ0n) is 11.6. The number of hydrogen-bond acceptors (Lipinski definition) is 3. The van der Waals surface area contributed by atoms with Crippen LogP contribution >= 0.6 is 0 Å². The van der Waals surface area contributed by atoms with Crippen LogP contribution in [0.1, 0.15) is 12.0 Å². The number of aliphatic hydroxyl groups excluding tert-OH is 1. The number of urea groups is 1. The number of likely N-dealkylation sites (tertiary alicyclic amines) is 1. The number of carboxylic acid groups (broad SMARTS) is 1. The molecule has 0 radical (unpaired) electrons. The zero-order chi connectivity index (χ0) is 15.0. The second kappa shape index (κ2) is 5.37. The summed E-state index contributed by atoms with van der Waals surface area (Å²) in [6.07, 6.45) is 1.10. The molecule has 2 atom stereocenters. The number of hydrogen-bond donors (Lipinski definition) is 2. The van der Waals surface area contributed by atoms with E-state index >= 15 is 0 Å². The summed E-state index contributed by atoms with van der Waals surface area (Å²) in [7, 11) is 0. The van der Waals surface area contributed by atoms with Gasteiger partial charge in [0.05, 0.1) is 0 Å². The summed E-state index contributed by atoms with van der Waals surface area (Å²) in [5, 5.41) is 18.6. The molecule has 1 unspecified atom stereocenters. The van der Waals surface area contributed by atoms with Crippen LogP contribution in [0.25, 0.3) is 0 Å². The van der Waals surface area contributed by atoms with E-state index in [-0.39, 0.29) is 18.6 Å². The predicted octanol–water partition coefficient (Wildman–Crippen LogP) is 0.937.